The number of methoxy groups -OCH3 is 1. The molecule has 1 amide bonds. The summed E-state index contributed by atoms with van der Waals surface area (Å²) in [7, 11) is 1.62. The number of anilines is 1. The van der Waals surface area contributed by atoms with Gasteiger partial charge < -0.3 is 14.5 Å². The molecule has 0 atom stereocenters. The van der Waals surface area contributed by atoms with Crippen LogP contribution in [0, 0.1) is 0 Å². The number of rotatable bonds is 6. The molecule has 1 N–H and O–H groups in total. The number of hydrogen-bond donors (Lipinski definition) is 1. The molecule has 0 saturated carbocycles. The Morgan fingerprint density at radius 1 is 1.13 bits per heavy atom. The molecule has 4 aromatic heterocycles. The van der Waals surface area contributed by atoms with E-state index in [0.717, 1.165) is 27.7 Å². The van der Waals surface area contributed by atoms with Gasteiger partial charge in [0, 0.05) is 24.0 Å². The minimum Gasteiger partial charge on any atom is -0.496 e. The predicted molar refractivity (Wildman–Crippen MR) is 119 cm³/mol. The van der Waals surface area contributed by atoms with Gasteiger partial charge in [-0.2, -0.15) is 5.10 Å². The molecule has 154 valence electrons. The van der Waals surface area contributed by atoms with Gasteiger partial charge in [-0.25, -0.2) is 9.97 Å². The SMILES string of the molecule is COc1ccccc1-c1nc(C(=O)Nc2cnn(Cc3cn4ccccc4n3)c2)cs1. The number of hydrogen-bond acceptors (Lipinski definition) is 6. The number of benzene rings is 1. The van der Waals surface area contributed by atoms with Gasteiger partial charge in [-0.3, -0.25) is 9.48 Å². The summed E-state index contributed by atoms with van der Waals surface area (Å²) in [4.78, 5) is 21.7. The summed E-state index contributed by atoms with van der Waals surface area (Å²) in [6, 6.07) is 13.5. The van der Waals surface area contributed by atoms with Crippen LogP contribution in [0.2, 0.25) is 0 Å². The minimum atomic E-state index is -0.287. The van der Waals surface area contributed by atoms with Gasteiger partial charge in [-0.1, -0.05) is 18.2 Å². The predicted octanol–water partition coefficient (Wildman–Crippen LogP) is 3.96. The van der Waals surface area contributed by atoms with Gasteiger partial charge in [0.1, 0.15) is 22.1 Å². The van der Waals surface area contributed by atoms with E-state index in [-0.39, 0.29) is 5.91 Å². The highest BCUT2D eigenvalue weighted by Gasteiger charge is 2.15. The first kappa shape index (κ1) is 19.0. The van der Waals surface area contributed by atoms with E-state index in [9.17, 15) is 4.79 Å². The van der Waals surface area contributed by atoms with Crippen molar-refractivity contribution < 1.29 is 9.53 Å². The van der Waals surface area contributed by atoms with E-state index in [0.29, 0.717) is 17.9 Å². The molecule has 8 nitrogen and oxygen atoms in total. The molecule has 5 aromatic rings. The van der Waals surface area contributed by atoms with Gasteiger partial charge in [-0.05, 0) is 24.3 Å². The monoisotopic (exact) mass is 430 g/mol. The second-order valence-electron chi connectivity index (χ2n) is 6.82. The molecule has 0 fully saturated rings. The highest BCUT2D eigenvalue weighted by molar-refractivity contribution is 7.13. The largest absolute Gasteiger partial charge is 0.496 e. The van der Waals surface area contributed by atoms with Crippen molar-refractivity contribution in [2.24, 2.45) is 0 Å². The maximum absolute atomic E-state index is 12.6. The third kappa shape index (κ3) is 3.90. The van der Waals surface area contributed by atoms with Crippen LogP contribution in [-0.4, -0.2) is 37.2 Å². The first-order valence-electron chi connectivity index (χ1n) is 9.55. The second kappa shape index (κ2) is 8.04. The lowest BCUT2D eigenvalue weighted by atomic mass is 10.2. The quantitative estimate of drug-likeness (QED) is 0.441. The summed E-state index contributed by atoms with van der Waals surface area (Å²) in [6.07, 6.45) is 7.30. The highest BCUT2D eigenvalue weighted by atomic mass is 32.1. The minimum absolute atomic E-state index is 0.287. The van der Waals surface area contributed by atoms with Gasteiger partial charge in [0.15, 0.2) is 0 Å². The number of nitrogens with one attached hydrogen (secondary N) is 1. The van der Waals surface area contributed by atoms with Crippen molar-refractivity contribution in [3.05, 3.63) is 84.0 Å². The normalized spacial score (nSPS) is 11.0. The molecule has 0 unspecified atom stereocenters. The average molecular weight is 430 g/mol. The Morgan fingerprint density at radius 3 is 2.87 bits per heavy atom. The Kier molecular flexibility index (Phi) is 4.93. The molecule has 0 saturated heterocycles. The van der Waals surface area contributed by atoms with E-state index >= 15 is 0 Å². The van der Waals surface area contributed by atoms with Crippen LogP contribution < -0.4 is 10.1 Å². The fraction of sp³-hybridized carbons (Fsp3) is 0.0909. The molecule has 5 rings (SSSR count). The van der Waals surface area contributed by atoms with Crippen LogP contribution in [0.5, 0.6) is 5.75 Å². The van der Waals surface area contributed by atoms with Crippen molar-refractivity contribution in [2.45, 2.75) is 6.54 Å². The number of pyridine rings is 1. The lowest BCUT2D eigenvalue weighted by molar-refractivity contribution is 0.102. The van der Waals surface area contributed by atoms with Crippen LogP contribution >= 0.6 is 11.3 Å². The molecule has 0 spiro atoms. The molecule has 31 heavy (non-hydrogen) atoms. The third-order valence-electron chi connectivity index (χ3n) is 4.70. The Morgan fingerprint density at radius 2 is 2.00 bits per heavy atom. The molecule has 4 heterocycles. The number of imidazole rings is 1. The molecule has 0 aliphatic carbocycles. The fourth-order valence-corrected chi connectivity index (χ4v) is 4.09. The van der Waals surface area contributed by atoms with Crippen LogP contribution in [-0.2, 0) is 6.54 Å². The van der Waals surface area contributed by atoms with Crippen LogP contribution in [0.25, 0.3) is 16.2 Å². The smallest absolute Gasteiger partial charge is 0.275 e. The maximum Gasteiger partial charge on any atom is 0.275 e. The van der Waals surface area contributed by atoms with E-state index in [1.165, 1.54) is 11.3 Å². The zero-order chi connectivity index (χ0) is 21.2. The van der Waals surface area contributed by atoms with Crippen molar-refractivity contribution >= 4 is 28.6 Å². The van der Waals surface area contributed by atoms with E-state index in [1.54, 1.807) is 29.6 Å². The van der Waals surface area contributed by atoms with Crippen molar-refractivity contribution in [3.8, 4) is 16.3 Å². The van der Waals surface area contributed by atoms with E-state index < -0.39 is 0 Å². The summed E-state index contributed by atoms with van der Waals surface area (Å²) in [5.41, 5.74) is 3.56. The van der Waals surface area contributed by atoms with Crippen molar-refractivity contribution in [1.29, 1.82) is 0 Å². The van der Waals surface area contributed by atoms with Crippen molar-refractivity contribution in [1.82, 2.24) is 24.1 Å². The summed E-state index contributed by atoms with van der Waals surface area (Å²) < 4.78 is 9.08. The van der Waals surface area contributed by atoms with Crippen molar-refractivity contribution in [2.75, 3.05) is 12.4 Å². The molecule has 1 aromatic carbocycles. The third-order valence-corrected chi connectivity index (χ3v) is 5.58. The number of nitrogens with zero attached hydrogens (tertiary/aromatic N) is 5. The second-order valence-corrected chi connectivity index (χ2v) is 7.68. The standard InChI is InChI=1S/C22H18N6O2S/c1-30-19-7-3-2-6-17(19)22-26-18(14-31-22)21(29)25-15-10-23-28(12-15)13-16-11-27-9-5-4-8-20(27)24-16/h2-12,14H,13H2,1H3,(H,25,29). The molecule has 0 radical (unpaired) electrons. The Labute approximate surface area is 181 Å². The number of aromatic nitrogens is 5. The first-order valence-corrected chi connectivity index (χ1v) is 10.4. The van der Waals surface area contributed by atoms with Gasteiger partial charge in [0.2, 0.25) is 0 Å². The van der Waals surface area contributed by atoms with E-state index in [1.807, 2.05) is 59.3 Å². The fourth-order valence-electron chi connectivity index (χ4n) is 3.26. The summed E-state index contributed by atoms with van der Waals surface area (Å²) in [6.45, 7) is 0.506. The summed E-state index contributed by atoms with van der Waals surface area (Å²) >= 11 is 1.40. The number of carbonyl (C=O) groups excluding carboxylic acids is 1. The topological polar surface area (TPSA) is 86.3 Å². The Hall–Kier alpha value is -3.98. The number of ether oxygens (including phenoxy) is 1. The number of thiazole rings is 1. The molecular weight excluding hydrogens is 412 g/mol. The number of fused-ring (bicyclic) bond motifs is 1. The summed E-state index contributed by atoms with van der Waals surface area (Å²) in [5.74, 6) is 0.432. The van der Waals surface area contributed by atoms with Crippen LogP contribution in [0.15, 0.2) is 72.6 Å². The zero-order valence-corrected chi connectivity index (χ0v) is 17.4. The first-order chi connectivity index (χ1) is 15.2. The molecule has 0 bridgehead atoms. The van der Waals surface area contributed by atoms with Crippen molar-refractivity contribution in [3.63, 3.8) is 0 Å². The van der Waals surface area contributed by atoms with Gasteiger partial charge in [0.05, 0.1) is 36.8 Å². The molecular formula is C22H18N6O2S. The van der Waals surface area contributed by atoms with E-state index in [2.05, 4.69) is 20.4 Å². The van der Waals surface area contributed by atoms with Crippen LogP contribution in [0.1, 0.15) is 16.2 Å². The zero-order valence-electron chi connectivity index (χ0n) is 16.6. The highest BCUT2D eigenvalue weighted by Crippen LogP contribution is 2.32. The molecule has 0 aliphatic rings. The lowest BCUT2D eigenvalue weighted by Gasteiger charge is -2.04. The van der Waals surface area contributed by atoms with Crippen LogP contribution in [0.4, 0.5) is 5.69 Å². The molecule has 9 heteroatoms. The number of amides is 1. The van der Waals surface area contributed by atoms with E-state index in [4.69, 9.17) is 4.74 Å². The number of para-hydroxylation sites is 1. The average Bonchev–Trinajstić information content (AvgIpc) is 3.53. The van der Waals surface area contributed by atoms with Gasteiger partial charge in [0.25, 0.3) is 5.91 Å². The number of carbonyl (C=O) groups is 1. The van der Waals surface area contributed by atoms with Gasteiger partial charge >= 0.3 is 0 Å². The Bertz CT molecular complexity index is 1340. The maximum atomic E-state index is 12.6. The molecule has 0 aliphatic heterocycles. The Balaban J connectivity index is 1.28. The van der Waals surface area contributed by atoms with Crippen LogP contribution in [0.3, 0.4) is 0 Å². The lowest BCUT2D eigenvalue weighted by Crippen LogP contribution is -2.11. The summed E-state index contributed by atoms with van der Waals surface area (Å²) in [5, 5.41) is 9.63. The van der Waals surface area contributed by atoms with Gasteiger partial charge in [-0.15, -0.1) is 11.3 Å².